The Labute approximate surface area is 189 Å². The maximum atomic E-state index is 14.1. The Hall–Kier alpha value is -2.83. The fourth-order valence-corrected chi connectivity index (χ4v) is 5.30. The maximum Gasteiger partial charge on any atom is 0.323 e. The summed E-state index contributed by atoms with van der Waals surface area (Å²) in [4.78, 5) is 39.6. The van der Waals surface area contributed by atoms with Crippen LogP contribution in [0, 0.1) is 0 Å². The van der Waals surface area contributed by atoms with Gasteiger partial charge in [-0.25, -0.2) is 0 Å². The molecular formula is C23H20Cl2N2O4. The van der Waals surface area contributed by atoms with Crippen LogP contribution in [0.3, 0.4) is 0 Å². The van der Waals surface area contributed by atoms with Gasteiger partial charge in [0.15, 0.2) is 0 Å². The van der Waals surface area contributed by atoms with Crippen molar-refractivity contribution in [2.75, 3.05) is 11.4 Å². The number of hydrogen-bond acceptors (Lipinski definition) is 3. The Kier molecular flexibility index (Phi) is 5.31. The summed E-state index contributed by atoms with van der Waals surface area (Å²) in [7, 11) is 0. The smallest absolute Gasteiger partial charge is 0.323 e. The number of carbonyl (C=O) groups is 3. The van der Waals surface area contributed by atoms with Gasteiger partial charge in [0.05, 0.1) is 11.7 Å². The van der Waals surface area contributed by atoms with E-state index in [2.05, 4.69) is 11.9 Å². The van der Waals surface area contributed by atoms with Crippen LogP contribution < -0.4 is 10.2 Å². The summed E-state index contributed by atoms with van der Waals surface area (Å²) >= 11 is 12.4. The van der Waals surface area contributed by atoms with E-state index in [1.807, 2.05) is 6.07 Å². The highest BCUT2D eigenvalue weighted by Crippen LogP contribution is 2.56. The molecule has 1 fully saturated rings. The van der Waals surface area contributed by atoms with E-state index < -0.39 is 35.8 Å². The number of halogens is 2. The number of carboxylic acids is 1. The van der Waals surface area contributed by atoms with Crippen molar-refractivity contribution in [3.05, 3.63) is 75.8 Å². The molecule has 0 aliphatic carbocycles. The number of nitrogens with one attached hydrogen (secondary N) is 1. The van der Waals surface area contributed by atoms with Crippen LogP contribution in [0.1, 0.15) is 30.4 Å². The molecule has 2 aromatic rings. The van der Waals surface area contributed by atoms with E-state index in [1.54, 1.807) is 43.3 Å². The highest BCUT2D eigenvalue weighted by atomic mass is 35.5. The molecule has 1 saturated heterocycles. The number of nitrogens with zero attached hydrogens (tertiary/aromatic N) is 1. The van der Waals surface area contributed by atoms with Crippen LogP contribution in [0.4, 0.5) is 5.69 Å². The van der Waals surface area contributed by atoms with E-state index in [9.17, 15) is 19.5 Å². The molecule has 0 bridgehead atoms. The van der Waals surface area contributed by atoms with Crippen LogP contribution in [0.15, 0.2) is 54.6 Å². The monoisotopic (exact) mass is 458 g/mol. The van der Waals surface area contributed by atoms with Gasteiger partial charge < -0.3 is 10.4 Å². The number of rotatable bonds is 4. The predicted octanol–water partition coefficient (Wildman–Crippen LogP) is 3.91. The number of carboxylic acid groups (broad SMARTS) is 1. The second kappa shape index (κ2) is 7.70. The minimum atomic E-state index is -1.28. The number of carbonyl (C=O) groups excluding carboxylic acids is 2. The fourth-order valence-electron chi connectivity index (χ4n) is 4.93. The number of hydrogen-bond donors (Lipinski definition) is 2. The predicted molar refractivity (Wildman–Crippen MR) is 119 cm³/mol. The summed E-state index contributed by atoms with van der Waals surface area (Å²) in [5, 5.41) is 13.3. The van der Waals surface area contributed by atoms with Crippen LogP contribution in [0.5, 0.6) is 0 Å². The van der Waals surface area contributed by atoms with Crippen molar-refractivity contribution < 1.29 is 19.5 Å². The molecule has 6 nitrogen and oxygen atoms in total. The highest BCUT2D eigenvalue weighted by molar-refractivity contribution is 6.31. The van der Waals surface area contributed by atoms with Crippen LogP contribution in [-0.4, -0.2) is 35.5 Å². The van der Waals surface area contributed by atoms with Gasteiger partial charge >= 0.3 is 5.97 Å². The van der Waals surface area contributed by atoms with Crippen molar-refractivity contribution in [2.45, 2.75) is 30.7 Å². The van der Waals surface area contributed by atoms with Gasteiger partial charge in [0.1, 0.15) is 12.0 Å². The van der Waals surface area contributed by atoms with Crippen molar-refractivity contribution in [2.24, 2.45) is 0 Å². The normalized spacial score (nSPS) is 24.8. The van der Waals surface area contributed by atoms with Crippen molar-refractivity contribution in [1.29, 1.82) is 0 Å². The van der Waals surface area contributed by atoms with Crippen LogP contribution in [-0.2, 0) is 19.8 Å². The van der Waals surface area contributed by atoms with Crippen molar-refractivity contribution in [3.8, 4) is 0 Å². The van der Waals surface area contributed by atoms with E-state index in [0.29, 0.717) is 26.9 Å². The van der Waals surface area contributed by atoms with E-state index in [4.69, 9.17) is 23.2 Å². The van der Waals surface area contributed by atoms with Gasteiger partial charge in [-0.05, 0) is 42.3 Å². The van der Waals surface area contributed by atoms with Gasteiger partial charge in [-0.1, -0.05) is 53.6 Å². The topological polar surface area (TPSA) is 86.7 Å². The lowest BCUT2D eigenvalue weighted by Crippen LogP contribution is -2.63. The van der Waals surface area contributed by atoms with Crippen molar-refractivity contribution >= 4 is 46.7 Å². The molecule has 2 aromatic carbocycles. The average molecular weight is 459 g/mol. The summed E-state index contributed by atoms with van der Waals surface area (Å²) in [6.07, 6.45) is 0.0405. The van der Waals surface area contributed by atoms with Gasteiger partial charge in [0, 0.05) is 22.4 Å². The third kappa shape index (κ3) is 3.30. The SMILES string of the molecule is C=C(C)[C@H]1NC(=O)C[C@@H](c2cccc(Cl)c2)[C@]12C(=O)N(CC(=O)O)c1cc(Cl)ccc12. The minimum absolute atomic E-state index is 0.0405. The Bertz CT molecular complexity index is 1130. The largest absolute Gasteiger partial charge is 0.480 e. The zero-order valence-electron chi connectivity index (χ0n) is 16.7. The first-order valence-corrected chi connectivity index (χ1v) is 10.5. The molecular weight excluding hydrogens is 439 g/mol. The molecule has 31 heavy (non-hydrogen) atoms. The molecule has 3 atom stereocenters. The second-order valence-corrected chi connectivity index (χ2v) is 8.85. The number of piperidine rings is 1. The third-order valence-corrected chi connectivity index (χ3v) is 6.50. The molecule has 2 amide bonds. The third-order valence-electron chi connectivity index (χ3n) is 6.03. The highest BCUT2D eigenvalue weighted by Gasteiger charge is 2.63. The molecule has 8 heteroatoms. The fraction of sp³-hybridized carbons (Fsp3) is 0.261. The van der Waals surface area contributed by atoms with Crippen LogP contribution in [0.2, 0.25) is 10.0 Å². The standard InChI is InChI=1S/C23H20Cl2N2O4/c1-12(2)21-23(17(10-19(28)26-21)13-4-3-5-14(24)8-13)16-7-6-15(25)9-18(16)27(22(23)31)11-20(29)30/h3-9,17,21H,1,10-11H2,2H3,(H,26,28)(H,29,30)/t17-,21+,23-/m0/s1. The molecule has 0 radical (unpaired) electrons. The number of aliphatic carboxylic acids is 1. The lowest BCUT2D eigenvalue weighted by atomic mass is 9.59. The van der Waals surface area contributed by atoms with Crippen molar-refractivity contribution in [1.82, 2.24) is 5.32 Å². The molecule has 1 spiro atoms. The summed E-state index contributed by atoms with van der Waals surface area (Å²) < 4.78 is 0. The Morgan fingerprint density at radius 2 is 1.94 bits per heavy atom. The van der Waals surface area contributed by atoms with E-state index in [-0.39, 0.29) is 12.3 Å². The van der Waals surface area contributed by atoms with Crippen LogP contribution >= 0.6 is 23.2 Å². The first-order valence-electron chi connectivity index (χ1n) is 9.70. The van der Waals surface area contributed by atoms with Gasteiger partial charge in [0.25, 0.3) is 0 Å². The zero-order valence-corrected chi connectivity index (χ0v) is 18.2. The molecule has 160 valence electrons. The van der Waals surface area contributed by atoms with Gasteiger partial charge in [-0.15, -0.1) is 0 Å². The Morgan fingerprint density at radius 1 is 1.23 bits per heavy atom. The van der Waals surface area contributed by atoms with Gasteiger partial charge in [-0.2, -0.15) is 0 Å². The summed E-state index contributed by atoms with van der Waals surface area (Å²) in [6.45, 7) is 5.26. The van der Waals surface area contributed by atoms with Crippen molar-refractivity contribution in [3.63, 3.8) is 0 Å². The van der Waals surface area contributed by atoms with E-state index >= 15 is 0 Å². The first-order chi connectivity index (χ1) is 14.7. The number of amides is 2. The molecule has 4 rings (SSSR count). The van der Waals surface area contributed by atoms with Gasteiger partial charge in [-0.3, -0.25) is 19.3 Å². The molecule has 2 N–H and O–H groups in total. The molecule has 0 unspecified atom stereocenters. The molecule has 0 saturated carbocycles. The lowest BCUT2D eigenvalue weighted by Gasteiger charge is -2.47. The lowest BCUT2D eigenvalue weighted by molar-refractivity contribution is -0.138. The summed E-state index contributed by atoms with van der Waals surface area (Å²) in [5.74, 6) is -2.36. The zero-order chi connectivity index (χ0) is 22.5. The number of benzene rings is 2. The number of anilines is 1. The summed E-state index contributed by atoms with van der Waals surface area (Å²) in [5.41, 5.74) is 1.07. The number of fused-ring (bicyclic) bond motifs is 2. The minimum Gasteiger partial charge on any atom is -0.480 e. The average Bonchev–Trinajstić information content (AvgIpc) is 2.92. The molecule has 2 heterocycles. The Balaban J connectivity index is 2.04. The van der Waals surface area contributed by atoms with E-state index in [0.717, 1.165) is 5.56 Å². The first kappa shape index (κ1) is 21.4. The molecule has 2 aliphatic heterocycles. The summed E-state index contributed by atoms with van der Waals surface area (Å²) in [6, 6.07) is 11.3. The quantitative estimate of drug-likeness (QED) is 0.679. The van der Waals surface area contributed by atoms with E-state index in [1.165, 1.54) is 4.90 Å². The molecule has 0 aromatic heterocycles. The van der Waals surface area contributed by atoms with Crippen LogP contribution in [0.25, 0.3) is 0 Å². The Morgan fingerprint density at radius 3 is 2.58 bits per heavy atom. The maximum absolute atomic E-state index is 14.1. The second-order valence-electron chi connectivity index (χ2n) is 7.97. The van der Waals surface area contributed by atoms with Gasteiger partial charge in [0.2, 0.25) is 11.8 Å². The molecule has 2 aliphatic rings.